The van der Waals surface area contributed by atoms with Gasteiger partial charge in [0.1, 0.15) is 5.75 Å². The third-order valence-electron chi connectivity index (χ3n) is 6.33. The van der Waals surface area contributed by atoms with Crippen molar-refractivity contribution in [1.82, 2.24) is 24.4 Å². The average Bonchev–Trinajstić information content (AvgIpc) is 3.47. The fraction of sp³-hybridized carbons (Fsp3) is 0.619. The summed E-state index contributed by atoms with van der Waals surface area (Å²) in [6.45, 7) is 2.66. The van der Waals surface area contributed by atoms with Crippen molar-refractivity contribution in [3.05, 3.63) is 28.3 Å². The number of rotatable bonds is 6. The molecule has 0 saturated carbocycles. The number of benzene rings is 1. The fourth-order valence-corrected chi connectivity index (χ4v) is 6.21. The first-order valence-electron chi connectivity index (χ1n) is 10.7. The smallest absolute Gasteiger partial charge is 0.341 e. The van der Waals surface area contributed by atoms with Crippen LogP contribution < -0.4 is 4.74 Å². The first kappa shape index (κ1) is 19.2. The molecule has 2 aromatic rings. The Kier molecular flexibility index (Phi) is 5.17. The van der Waals surface area contributed by atoms with Crippen molar-refractivity contribution in [3.8, 4) is 11.8 Å². The Morgan fingerprint density at radius 3 is 2.62 bits per heavy atom. The minimum atomic E-state index is -1.32. The number of hydrogen-bond donors (Lipinski definition) is 1. The summed E-state index contributed by atoms with van der Waals surface area (Å²) < 4.78 is 21.2. The second-order valence-corrected chi connectivity index (χ2v) is 10.2. The molecule has 2 unspecified atom stereocenters. The molecule has 1 saturated heterocycles. The lowest BCUT2D eigenvalue weighted by atomic mass is 10.0. The van der Waals surface area contributed by atoms with E-state index in [1.807, 2.05) is 4.31 Å². The van der Waals surface area contributed by atoms with E-state index in [1.165, 1.54) is 35.1 Å². The van der Waals surface area contributed by atoms with E-state index in [0.717, 1.165) is 57.5 Å². The number of H-pyrrole nitrogens is 1. The van der Waals surface area contributed by atoms with Crippen LogP contribution in [0.5, 0.6) is 11.8 Å². The second-order valence-electron chi connectivity index (χ2n) is 8.77. The molecule has 0 spiro atoms. The summed E-state index contributed by atoms with van der Waals surface area (Å²) in [6.07, 6.45) is 7.80. The maximum absolute atomic E-state index is 13.0. The van der Waals surface area contributed by atoms with Gasteiger partial charge in [-0.2, -0.15) is 4.98 Å². The van der Waals surface area contributed by atoms with Gasteiger partial charge in [0.05, 0.1) is 0 Å². The number of ether oxygens (including phenoxy) is 1. The molecule has 1 N–H and O–H groups in total. The number of nitrogens with one attached hydrogen (secondary N) is 1. The lowest BCUT2D eigenvalue weighted by Gasteiger charge is -2.16. The molecule has 0 amide bonds. The van der Waals surface area contributed by atoms with Crippen molar-refractivity contribution in [2.24, 2.45) is 5.92 Å². The highest BCUT2D eigenvalue weighted by Crippen LogP contribution is 2.41. The van der Waals surface area contributed by atoms with Gasteiger partial charge in [0.2, 0.25) is 5.16 Å². The van der Waals surface area contributed by atoms with Crippen molar-refractivity contribution in [2.45, 2.75) is 50.1 Å². The first-order chi connectivity index (χ1) is 14.1. The largest absolute Gasteiger partial charge is 0.423 e. The van der Waals surface area contributed by atoms with Gasteiger partial charge < -0.3 is 9.64 Å². The molecule has 1 aromatic heterocycles. The Morgan fingerprint density at radius 2 is 1.93 bits per heavy atom. The summed E-state index contributed by atoms with van der Waals surface area (Å²) in [5.41, 5.74) is 5.49. The maximum atomic E-state index is 13.0. The van der Waals surface area contributed by atoms with Crippen LogP contribution in [0.4, 0.5) is 0 Å². The predicted molar refractivity (Wildman–Crippen MR) is 112 cm³/mol. The van der Waals surface area contributed by atoms with Crippen LogP contribution in [0.25, 0.3) is 0 Å². The van der Waals surface area contributed by atoms with Crippen molar-refractivity contribution in [2.75, 3.05) is 33.7 Å². The molecule has 2 aliphatic carbocycles. The Labute approximate surface area is 174 Å². The normalized spacial score (nSPS) is 22.2. The SMILES string of the molecule is CN(C)CC1CCN(S(=O)c2nc(Oc3c4c(cc5c3CCC5)CCC4)n[nH]2)C1. The molecular formula is C21H29N5O2S. The van der Waals surface area contributed by atoms with Crippen molar-refractivity contribution in [3.63, 3.8) is 0 Å². The van der Waals surface area contributed by atoms with Gasteiger partial charge >= 0.3 is 6.01 Å². The molecule has 0 radical (unpaired) electrons. The number of aromatic nitrogens is 3. The lowest BCUT2D eigenvalue weighted by Crippen LogP contribution is -2.27. The van der Waals surface area contributed by atoms with Crippen LogP contribution in [-0.2, 0) is 36.7 Å². The van der Waals surface area contributed by atoms with Gasteiger partial charge in [-0.25, -0.2) is 13.6 Å². The van der Waals surface area contributed by atoms with E-state index in [4.69, 9.17) is 4.74 Å². The van der Waals surface area contributed by atoms with E-state index >= 15 is 0 Å². The number of nitrogens with zero attached hydrogens (tertiary/aromatic N) is 4. The highest BCUT2D eigenvalue weighted by Gasteiger charge is 2.30. The molecule has 29 heavy (non-hydrogen) atoms. The van der Waals surface area contributed by atoms with Crippen molar-refractivity contribution in [1.29, 1.82) is 0 Å². The maximum Gasteiger partial charge on any atom is 0.341 e. The highest BCUT2D eigenvalue weighted by atomic mass is 32.2. The van der Waals surface area contributed by atoms with Gasteiger partial charge in [0, 0.05) is 19.6 Å². The predicted octanol–water partition coefficient (Wildman–Crippen LogP) is 2.48. The van der Waals surface area contributed by atoms with Gasteiger partial charge in [-0.1, -0.05) is 6.07 Å². The number of aryl methyl sites for hydroxylation is 2. The summed E-state index contributed by atoms with van der Waals surface area (Å²) in [4.78, 5) is 6.63. The molecule has 2 heterocycles. The summed E-state index contributed by atoms with van der Waals surface area (Å²) in [5.74, 6) is 1.51. The monoisotopic (exact) mass is 415 g/mol. The van der Waals surface area contributed by atoms with Crippen LogP contribution in [0.1, 0.15) is 41.5 Å². The Hall–Kier alpha value is -1.77. The van der Waals surface area contributed by atoms with E-state index in [2.05, 4.69) is 40.2 Å². The van der Waals surface area contributed by atoms with Gasteiger partial charge in [-0.05, 0) is 87.2 Å². The molecule has 0 bridgehead atoms. The molecule has 1 aromatic carbocycles. The van der Waals surface area contributed by atoms with Crippen LogP contribution in [-0.4, -0.2) is 62.3 Å². The Balaban J connectivity index is 1.33. The lowest BCUT2D eigenvalue weighted by molar-refractivity contribution is 0.331. The zero-order chi connectivity index (χ0) is 20.0. The van der Waals surface area contributed by atoms with Crippen LogP contribution in [0.2, 0.25) is 0 Å². The zero-order valence-corrected chi connectivity index (χ0v) is 18.1. The topological polar surface area (TPSA) is 74.3 Å². The molecule has 7 nitrogen and oxygen atoms in total. The van der Waals surface area contributed by atoms with Crippen LogP contribution in [0.3, 0.4) is 0 Å². The third kappa shape index (κ3) is 3.73. The van der Waals surface area contributed by atoms with Crippen molar-refractivity contribution >= 4 is 11.0 Å². The molecule has 5 rings (SSSR count). The number of fused-ring (bicyclic) bond motifs is 2. The fourth-order valence-electron chi connectivity index (χ4n) is 5.07. The molecular weight excluding hydrogens is 386 g/mol. The standard InChI is InChI=1S/C21H29N5O2S/c1-25(2)12-14-9-10-26(13-14)29(27)21-22-20(23-24-21)28-19-17-7-3-5-15(17)11-16-6-4-8-18(16)19/h11,14H,3-10,12-13H2,1-2H3,(H,22,23,24). The van der Waals surface area contributed by atoms with E-state index in [0.29, 0.717) is 11.1 Å². The Bertz CT molecular complexity index is 909. The molecule has 2 atom stereocenters. The van der Waals surface area contributed by atoms with Gasteiger partial charge in [0.15, 0.2) is 11.0 Å². The van der Waals surface area contributed by atoms with Gasteiger partial charge in [-0.15, -0.1) is 5.10 Å². The molecule has 156 valence electrons. The van der Waals surface area contributed by atoms with E-state index in [9.17, 15) is 4.21 Å². The van der Waals surface area contributed by atoms with Crippen molar-refractivity contribution < 1.29 is 8.95 Å². The minimum Gasteiger partial charge on any atom is -0.423 e. The highest BCUT2D eigenvalue weighted by molar-refractivity contribution is 7.82. The molecule has 3 aliphatic rings. The van der Waals surface area contributed by atoms with E-state index in [-0.39, 0.29) is 6.01 Å². The zero-order valence-electron chi connectivity index (χ0n) is 17.2. The number of aromatic amines is 1. The van der Waals surface area contributed by atoms with Crippen LogP contribution >= 0.6 is 0 Å². The quantitative estimate of drug-likeness (QED) is 0.785. The van der Waals surface area contributed by atoms with E-state index < -0.39 is 11.0 Å². The average molecular weight is 416 g/mol. The van der Waals surface area contributed by atoms with Crippen LogP contribution in [0.15, 0.2) is 11.2 Å². The summed E-state index contributed by atoms with van der Waals surface area (Å²) in [5, 5.41) is 7.48. The third-order valence-corrected chi connectivity index (χ3v) is 7.64. The molecule has 8 heteroatoms. The summed E-state index contributed by atoms with van der Waals surface area (Å²) in [6, 6.07) is 2.67. The Morgan fingerprint density at radius 1 is 1.21 bits per heavy atom. The van der Waals surface area contributed by atoms with Gasteiger partial charge in [0.25, 0.3) is 0 Å². The minimum absolute atomic E-state index is 0.284. The molecule has 1 fully saturated rings. The van der Waals surface area contributed by atoms with Gasteiger partial charge in [-0.3, -0.25) is 0 Å². The summed E-state index contributed by atoms with van der Waals surface area (Å²) >= 11 is 0. The second kappa shape index (κ2) is 7.81. The van der Waals surface area contributed by atoms with Crippen LogP contribution in [0, 0.1) is 5.92 Å². The summed E-state index contributed by atoms with van der Waals surface area (Å²) in [7, 11) is 2.84. The first-order valence-corrected chi connectivity index (χ1v) is 11.8. The molecule has 1 aliphatic heterocycles. The number of hydrogen-bond acceptors (Lipinski definition) is 5. The van der Waals surface area contributed by atoms with E-state index in [1.54, 1.807) is 0 Å².